The summed E-state index contributed by atoms with van der Waals surface area (Å²) >= 11 is 0. The second kappa shape index (κ2) is 9.41. The molecule has 0 amide bonds. The van der Waals surface area contributed by atoms with E-state index in [1.54, 1.807) is 7.11 Å². The molecule has 0 aromatic heterocycles. The Labute approximate surface area is 123 Å². The topological polar surface area (TPSA) is 38.5 Å². The average Bonchev–Trinajstić information content (AvgIpc) is 2.45. The SMILES string of the molecule is CCCCCN(C)Cc1ccc(OC)c(C#CCN)c1. The zero-order valence-corrected chi connectivity index (χ0v) is 12.9. The van der Waals surface area contributed by atoms with Crippen molar-refractivity contribution in [3.05, 3.63) is 29.3 Å². The van der Waals surface area contributed by atoms with Crippen LogP contribution in [0.2, 0.25) is 0 Å². The van der Waals surface area contributed by atoms with Gasteiger partial charge in [0.25, 0.3) is 0 Å². The first kappa shape index (κ1) is 16.6. The fourth-order valence-electron chi connectivity index (χ4n) is 2.12. The largest absolute Gasteiger partial charge is 0.495 e. The molecule has 0 heterocycles. The predicted octanol–water partition coefficient (Wildman–Crippen LogP) is 2.63. The Balaban J connectivity index is 2.71. The number of rotatable bonds is 7. The van der Waals surface area contributed by atoms with Gasteiger partial charge in [0.15, 0.2) is 0 Å². The van der Waals surface area contributed by atoms with Crippen molar-refractivity contribution in [1.29, 1.82) is 0 Å². The Kier molecular flexibility index (Phi) is 7.79. The molecule has 110 valence electrons. The van der Waals surface area contributed by atoms with Gasteiger partial charge in [0.05, 0.1) is 19.2 Å². The highest BCUT2D eigenvalue weighted by Crippen LogP contribution is 2.19. The van der Waals surface area contributed by atoms with Crippen LogP contribution in [0.1, 0.15) is 37.3 Å². The zero-order valence-electron chi connectivity index (χ0n) is 12.9. The lowest BCUT2D eigenvalue weighted by Gasteiger charge is -2.17. The molecule has 0 atom stereocenters. The van der Waals surface area contributed by atoms with Gasteiger partial charge < -0.3 is 15.4 Å². The number of methoxy groups -OCH3 is 1. The van der Waals surface area contributed by atoms with Crippen LogP contribution in [0.4, 0.5) is 0 Å². The molecule has 0 aliphatic carbocycles. The minimum atomic E-state index is 0.365. The van der Waals surface area contributed by atoms with Gasteiger partial charge in [0, 0.05) is 6.54 Å². The normalized spacial score (nSPS) is 10.2. The van der Waals surface area contributed by atoms with Gasteiger partial charge in [0.2, 0.25) is 0 Å². The van der Waals surface area contributed by atoms with Gasteiger partial charge in [-0.05, 0) is 37.7 Å². The molecule has 0 radical (unpaired) electrons. The van der Waals surface area contributed by atoms with E-state index in [9.17, 15) is 0 Å². The van der Waals surface area contributed by atoms with E-state index in [-0.39, 0.29) is 0 Å². The Bertz CT molecular complexity index is 460. The number of hydrogen-bond donors (Lipinski definition) is 1. The van der Waals surface area contributed by atoms with Crippen LogP contribution in [-0.2, 0) is 6.54 Å². The van der Waals surface area contributed by atoms with Gasteiger partial charge in [-0.1, -0.05) is 37.7 Å². The highest BCUT2D eigenvalue weighted by atomic mass is 16.5. The Morgan fingerprint density at radius 1 is 1.30 bits per heavy atom. The molecule has 1 aromatic rings. The van der Waals surface area contributed by atoms with Crippen LogP contribution in [0.5, 0.6) is 5.75 Å². The molecule has 0 bridgehead atoms. The molecule has 0 aliphatic heterocycles. The number of ether oxygens (including phenoxy) is 1. The number of nitrogens with zero attached hydrogens (tertiary/aromatic N) is 1. The fourth-order valence-corrected chi connectivity index (χ4v) is 2.12. The maximum absolute atomic E-state index is 5.43. The van der Waals surface area contributed by atoms with E-state index in [2.05, 4.69) is 42.8 Å². The molecule has 3 heteroatoms. The monoisotopic (exact) mass is 274 g/mol. The summed E-state index contributed by atoms with van der Waals surface area (Å²) in [4.78, 5) is 2.34. The van der Waals surface area contributed by atoms with E-state index in [0.29, 0.717) is 6.54 Å². The quantitative estimate of drug-likeness (QED) is 0.613. The molecule has 1 aromatic carbocycles. The van der Waals surface area contributed by atoms with Crippen molar-refractivity contribution < 1.29 is 4.74 Å². The van der Waals surface area contributed by atoms with Crippen molar-refractivity contribution in [1.82, 2.24) is 4.90 Å². The molecule has 20 heavy (non-hydrogen) atoms. The summed E-state index contributed by atoms with van der Waals surface area (Å²) in [5.41, 5.74) is 7.60. The maximum atomic E-state index is 5.43. The molecular weight excluding hydrogens is 248 g/mol. The van der Waals surface area contributed by atoms with Crippen LogP contribution in [-0.4, -0.2) is 32.1 Å². The van der Waals surface area contributed by atoms with E-state index in [4.69, 9.17) is 10.5 Å². The average molecular weight is 274 g/mol. The van der Waals surface area contributed by atoms with Crippen molar-refractivity contribution >= 4 is 0 Å². The van der Waals surface area contributed by atoms with Crippen LogP contribution in [0.15, 0.2) is 18.2 Å². The second-order valence-corrected chi connectivity index (χ2v) is 4.99. The van der Waals surface area contributed by atoms with Crippen LogP contribution in [0, 0.1) is 11.8 Å². The molecule has 0 spiro atoms. The zero-order chi connectivity index (χ0) is 14.8. The maximum Gasteiger partial charge on any atom is 0.134 e. The van der Waals surface area contributed by atoms with E-state index >= 15 is 0 Å². The highest BCUT2D eigenvalue weighted by Gasteiger charge is 2.05. The second-order valence-electron chi connectivity index (χ2n) is 4.99. The molecule has 2 N–H and O–H groups in total. The summed E-state index contributed by atoms with van der Waals surface area (Å²) in [6, 6.07) is 6.18. The summed E-state index contributed by atoms with van der Waals surface area (Å²) in [6.45, 7) is 4.66. The smallest absolute Gasteiger partial charge is 0.134 e. The third-order valence-electron chi connectivity index (χ3n) is 3.18. The molecule has 1 rings (SSSR count). The third kappa shape index (κ3) is 5.64. The summed E-state index contributed by atoms with van der Waals surface area (Å²) in [5, 5.41) is 0. The van der Waals surface area contributed by atoms with E-state index in [1.165, 1.54) is 24.8 Å². The molecular formula is C17H26N2O. The number of hydrogen-bond acceptors (Lipinski definition) is 3. The van der Waals surface area contributed by atoms with Gasteiger partial charge in [-0.25, -0.2) is 0 Å². The Morgan fingerprint density at radius 3 is 2.75 bits per heavy atom. The van der Waals surface area contributed by atoms with Gasteiger partial charge in [-0.2, -0.15) is 0 Å². The minimum Gasteiger partial charge on any atom is -0.495 e. The van der Waals surface area contributed by atoms with Crippen LogP contribution >= 0.6 is 0 Å². The van der Waals surface area contributed by atoms with E-state index < -0.39 is 0 Å². The van der Waals surface area contributed by atoms with Gasteiger partial charge in [-0.15, -0.1) is 0 Å². The number of nitrogens with two attached hydrogens (primary N) is 1. The summed E-state index contributed by atoms with van der Waals surface area (Å²) in [5.74, 6) is 6.77. The summed E-state index contributed by atoms with van der Waals surface area (Å²) in [6.07, 6.45) is 3.80. The molecule has 3 nitrogen and oxygen atoms in total. The van der Waals surface area contributed by atoms with E-state index in [1.807, 2.05) is 6.07 Å². The predicted molar refractivity (Wildman–Crippen MR) is 84.8 cm³/mol. The van der Waals surface area contributed by atoms with Crippen LogP contribution < -0.4 is 10.5 Å². The first-order chi connectivity index (χ1) is 9.71. The van der Waals surface area contributed by atoms with Crippen molar-refractivity contribution in [2.24, 2.45) is 5.73 Å². The molecule has 0 saturated heterocycles. The number of unbranched alkanes of at least 4 members (excludes halogenated alkanes) is 2. The fraction of sp³-hybridized carbons (Fsp3) is 0.529. The third-order valence-corrected chi connectivity index (χ3v) is 3.18. The van der Waals surface area contributed by atoms with Crippen molar-refractivity contribution in [3.63, 3.8) is 0 Å². The summed E-state index contributed by atoms with van der Waals surface area (Å²) < 4.78 is 5.32. The lowest BCUT2D eigenvalue weighted by atomic mass is 10.1. The van der Waals surface area contributed by atoms with Crippen molar-refractivity contribution in [2.75, 3.05) is 27.2 Å². The standard InChI is InChI=1S/C17H26N2O/c1-4-5-6-12-19(2)14-15-9-10-17(20-3)16(13-15)8-7-11-18/h9-10,13H,4-6,11-12,14,18H2,1-3H3. The molecule has 0 unspecified atom stereocenters. The van der Waals surface area contributed by atoms with E-state index in [0.717, 1.165) is 24.4 Å². The minimum absolute atomic E-state index is 0.365. The highest BCUT2D eigenvalue weighted by molar-refractivity contribution is 5.48. The van der Waals surface area contributed by atoms with Crippen molar-refractivity contribution in [3.8, 4) is 17.6 Å². The van der Waals surface area contributed by atoms with Gasteiger partial charge >= 0.3 is 0 Å². The molecule has 0 fully saturated rings. The first-order valence-corrected chi connectivity index (χ1v) is 7.25. The lowest BCUT2D eigenvalue weighted by Crippen LogP contribution is -2.19. The Hall–Kier alpha value is -1.50. The van der Waals surface area contributed by atoms with Gasteiger partial charge in [-0.3, -0.25) is 0 Å². The summed E-state index contributed by atoms with van der Waals surface area (Å²) in [7, 11) is 3.82. The number of benzene rings is 1. The molecule has 0 aliphatic rings. The Morgan fingerprint density at radius 2 is 2.10 bits per heavy atom. The lowest BCUT2D eigenvalue weighted by molar-refractivity contribution is 0.318. The van der Waals surface area contributed by atoms with Crippen LogP contribution in [0.25, 0.3) is 0 Å². The van der Waals surface area contributed by atoms with Crippen molar-refractivity contribution in [2.45, 2.75) is 32.7 Å². The van der Waals surface area contributed by atoms with Gasteiger partial charge in [0.1, 0.15) is 5.75 Å². The molecule has 0 saturated carbocycles. The first-order valence-electron chi connectivity index (χ1n) is 7.25. The van der Waals surface area contributed by atoms with Crippen LogP contribution in [0.3, 0.4) is 0 Å².